The van der Waals surface area contributed by atoms with Crippen LogP contribution in [-0.4, -0.2) is 6.29 Å². The monoisotopic (exact) mass is 336 g/mol. The summed E-state index contributed by atoms with van der Waals surface area (Å²) in [5.74, 6) is 0.387. The van der Waals surface area contributed by atoms with Gasteiger partial charge in [0.05, 0.1) is 0 Å². The molecular formula is C10H6ClIOS. The molecule has 0 aliphatic rings. The molecule has 14 heavy (non-hydrogen) atoms. The van der Waals surface area contributed by atoms with Crippen molar-refractivity contribution in [2.45, 2.75) is 5.88 Å². The lowest BCUT2D eigenvalue weighted by Gasteiger charge is -2.04. The molecule has 0 N–H and O–H groups in total. The van der Waals surface area contributed by atoms with Crippen molar-refractivity contribution in [2.24, 2.45) is 0 Å². The smallest absolute Gasteiger partial charge is 0.151 e. The zero-order valence-corrected chi connectivity index (χ0v) is 10.8. The van der Waals surface area contributed by atoms with E-state index in [4.69, 9.17) is 11.6 Å². The summed E-state index contributed by atoms with van der Waals surface area (Å²) in [5.41, 5.74) is 1.65. The number of alkyl halides is 1. The number of carbonyl (C=O) groups is 1. The normalized spacial score (nSPS) is 10.7. The molecular weight excluding hydrogens is 331 g/mol. The van der Waals surface area contributed by atoms with Crippen molar-refractivity contribution in [1.82, 2.24) is 0 Å². The van der Waals surface area contributed by atoms with Gasteiger partial charge in [0.1, 0.15) is 0 Å². The molecule has 72 valence electrons. The van der Waals surface area contributed by atoms with Gasteiger partial charge in [-0.05, 0) is 45.7 Å². The number of thiophene rings is 1. The van der Waals surface area contributed by atoms with Gasteiger partial charge in [0, 0.05) is 25.1 Å². The Bertz CT molecular complexity index is 492. The van der Waals surface area contributed by atoms with Crippen LogP contribution < -0.4 is 0 Å². The van der Waals surface area contributed by atoms with Crippen molar-refractivity contribution in [3.63, 3.8) is 0 Å². The second-order valence-electron chi connectivity index (χ2n) is 2.85. The Morgan fingerprint density at radius 3 is 3.00 bits per heavy atom. The first-order valence-corrected chi connectivity index (χ1v) is 6.47. The van der Waals surface area contributed by atoms with Gasteiger partial charge in [-0.2, -0.15) is 0 Å². The highest BCUT2D eigenvalue weighted by atomic mass is 127. The van der Waals surface area contributed by atoms with Gasteiger partial charge >= 0.3 is 0 Å². The summed E-state index contributed by atoms with van der Waals surface area (Å²) in [6.45, 7) is 0. The SMILES string of the molecule is O=Cc1c(CCl)cc2sccc2c1I. The van der Waals surface area contributed by atoms with Crippen molar-refractivity contribution in [3.8, 4) is 0 Å². The first kappa shape index (κ1) is 10.4. The van der Waals surface area contributed by atoms with E-state index in [1.807, 2.05) is 17.5 Å². The second-order valence-corrected chi connectivity index (χ2v) is 5.14. The summed E-state index contributed by atoms with van der Waals surface area (Å²) in [6, 6.07) is 4.03. The molecule has 1 nitrogen and oxygen atoms in total. The molecule has 1 heterocycles. The first-order valence-electron chi connectivity index (χ1n) is 3.97. The molecule has 0 saturated heterocycles. The lowest BCUT2D eigenvalue weighted by atomic mass is 10.1. The van der Waals surface area contributed by atoms with Crippen molar-refractivity contribution < 1.29 is 4.79 Å². The fourth-order valence-electron chi connectivity index (χ4n) is 1.37. The van der Waals surface area contributed by atoms with E-state index < -0.39 is 0 Å². The number of carbonyl (C=O) groups excluding carboxylic acids is 1. The fraction of sp³-hybridized carbons (Fsp3) is 0.100. The molecule has 1 aromatic heterocycles. The van der Waals surface area contributed by atoms with Gasteiger partial charge in [0.2, 0.25) is 0 Å². The Hall–Kier alpha value is -0.130. The number of halogens is 2. The maximum atomic E-state index is 10.9. The van der Waals surface area contributed by atoms with Crippen LogP contribution in [0.5, 0.6) is 0 Å². The van der Waals surface area contributed by atoms with Crippen LogP contribution in [0.15, 0.2) is 17.5 Å². The number of hydrogen-bond donors (Lipinski definition) is 0. The van der Waals surface area contributed by atoms with Crippen LogP contribution in [0.3, 0.4) is 0 Å². The van der Waals surface area contributed by atoms with Crippen molar-refractivity contribution in [3.05, 3.63) is 32.2 Å². The third-order valence-electron chi connectivity index (χ3n) is 2.08. The van der Waals surface area contributed by atoms with Gasteiger partial charge in [-0.15, -0.1) is 22.9 Å². The molecule has 0 aliphatic heterocycles. The van der Waals surface area contributed by atoms with E-state index in [0.717, 1.165) is 26.4 Å². The Morgan fingerprint density at radius 1 is 1.57 bits per heavy atom. The molecule has 2 rings (SSSR count). The second kappa shape index (κ2) is 4.16. The highest BCUT2D eigenvalue weighted by molar-refractivity contribution is 14.1. The Kier molecular flexibility index (Phi) is 3.09. The number of rotatable bonds is 2. The minimum absolute atomic E-state index is 0.387. The maximum Gasteiger partial charge on any atom is 0.151 e. The highest BCUT2D eigenvalue weighted by Gasteiger charge is 2.10. The van der Waals surface area contributed by atoms with E-state index >= 15 is 0 Å². The molecule has 0 amide bonds. The summed E-state index contributed by atoms with van der Waals surface area (Å²) in [7, 11) is 0. The fourth-order valence-corrected chi connectivity index (χ4v) is 3.58. The van der Waals surface area contributed by atoms with E-state index in [0.29, 0.717) is 5.88 Å². The Balaban J connectivity index is 2.85. The molecule has 0 aliphatic carbocycles. The molecule has 0 bridgehead atoms. The Morgan fingerprint density at radius 2 is 2.36 bits per heavy atom. The van der Waals surface area contributed by atoms with Crippen LogP contribution in [0.2, 0.25) is 0 Å². The molecule has 0 radical (unpaired) electrons. The molecule has 0 saturated carbocycles. The quantitative estimate of drug-likeness (QED) is 0.459. The van der Waals surface area contributed by atoms with E-state index in [2.05, 4.69) is 22.6 Å². The summed E-state index contributed by atoms with van der Waals surface area (Å²) < 4.78 is 2.20. The predicted octanol–water partition coefficient (Wildman–Crippen LogP) is 4.06. The molecule has 0 atom stereocenters. The lowest BCUT2D eigenvalue weighted by Crippen LogP contribution is -1.93. The summed E-state index contributed by atoms with van der Waals surface area (Å²) in [6.07, 6.45) is 0.886. The van der Waals surface area contributed by atoms with Gasteiger partial charge in [-0.25, -0.2) is 0 Å². The van der Waals surface area contributed by atoms with E-state index in [9.17, 15) is 4.79 Å². The third kappa shape index (κ3) is 1.57. The van der Waals surface area contributed by atoms with Crippen LogP contribution in [-0.2, 0) is 5.88 Å². The van der Waals surface area contributed by atoms with Gasteiger partial charge in [0.25, 0.3) is 0 Å². The topological polar surface area (TPSA) is 17.1 Å². The van der Waals surface area contributed by atoms with E-state index in [1.165, 1.54) is 4.70 Å². The predicted molar refractivity (Wildman–Crippen MR) is 69.5 cm³/mol. The maximum absolute atomic E-state index is 10.9. The standard InChI is InChI=1S/C10H6ClIOS/c11-4-6-3-9-7(1-2-14-9)10(12)8(6)5-13/h1-3,5H,4H2. The minimum atomic E-state index is 0.387. The first-order chi connectivity index (χ1) is 6.77. The minimum Gasteiger partial charge on any atom is -0.298 e. The summed E-state index contributed by atoms with van der Waals surface area (Å²) >= 11 is 9.66. The lowest BCUT2D eigenvalue weighted by molar-refractivity contribution is 0.112. The molecule has 0 spiro atoms. The van der Waals surface area contributed by atoms with Crippen LogP contribution >= 0.6 is 45.5 Å². The van der Waals surface area contributed by atoms with Gasteiger partial charge in [-0.3, -0.25) is 4.79 Å². The zero-order chi connectivity index (χ0) is 10.1. The molecule has 4 heteroatoms. The molecule has 0 unspecified atom stereocenters. The Labute approximate surface area is 104 Å². The van der Waals surface area contributed by atoms with Crippen molar-refractivity contribution in [2.75, 3.05) is 0 Å². The molecule has 0 fully saturated rings. The summed E-state index contributed by atoms with van der Waals surface area (Å²) in [5, 5.41) is 3.17. The van der Waals surface area contributed by atoms with Gasteiger partial charge in [0.15, 0.2) is 6.29 Å². The van der Waals surface area contributed by atoms with Gasteiger partial charge < -0.3 is 0 Å². The largest absolute Gasteiger partial charge is 0.298 e. The third-order valence-corrected chi connectivity index (χ3v) is 4.40. The highest BCUT2D eigenvalue weighted by Crippen LogP contribution is 2.30. The van der Waals surface area contributed by atoms with Crippen LogP contribution in [0.1, 0.15) is 15.9 Å². The van der Waals surface area contributed by atoms with E-state index in [1.54, 1.807) is 11.3 Å². The molecule has 2 aromatic rings. The van der Waals surface area contributed by atoms with Crippen molar-refractivity contribution >= 4 is 61.9 Å². The average molecular weight is 337 g/mol. The van der Waals surface area contributed by atoms with Crippen molar-refractivity contribution in [1.29, 1.82) is 0 Å². The zero-order valence-electron chi connectivity index (χ0n) is 7.09. The number of fused-ring (bicyclic) bond motifs is 1. The number of benzene rings is 1. The average Bonchev–Trinajstić information content (AvgIpc) is 2.65. The van der Waals surface area contributed by atoms with Gasteiger partial charge in [-0.1, -0.05) is 0 Å². The number of aldehydes is 1. The van der Waals surface area contributed by atoms with E-state index in [-0.39, 0.29) is 0 Å². The summed E-state index contributed by atoms with van der Waals surface area (Å²) in [4.78, 5) is 10.9. The van der Waals surface area contributed by atoms with Crippen LogP contribution in [0.4, 0.5) is 0 Å². The van der Waals surface area contributed by atoms with Crippen LogP contribution in [0, 0.1) is 3.57 Å². The van der Waals surface area contributed by atoms with Crippen LogP contribution in [0.25, 0.3) is 10.1 Å². The molecule has 1 aromatic carbocycles. The number of hydrogen-bond acceptors (Lipinski definition) is 2.